The van der Waals surface area contributed by atoms with E-state index in [1.54, 1.807) is 19.2 Å². The van der Waals surface area contributed by atoms with E-state index >= 15 is 0 Å². The van der Waals surface area contributed by atoms with Crippen LogP contribution in [0.4, 0.5) is 11.4 Å². The number of amides is 2. The third-order valence-electron chi connectivity index (χ3n) is 3.99. The molecule has 0 aromatic heterocycles. The summed E-state index contributed by atoms with van der Waals surface area (Å²) in [4.78, 5) is 24.8. The number of anilines is 2. The Balaban J connectivity index is 1.86. The minimum absolute atomic E-state index is 0.122. The Kier molecular flexibility index (Phi) is 4.79. The number of carbonyl (C=O) groups excluding carboxylic acids is 2. The summed E-state index contributed by atoms with van der Waals surface area (Å²) in [5.74, 6) is 0.109. The van der Waals surface area contributed by atoms with Gasteiger partial charge in [0.25, 0.3) is 5.91 Å². The van der Waals surface area contributed by atoms with Crippen molar-refractivity contribution in [3.05, 3.63) is 54.1 Å². The van der Waals surface area contributed by atoms with E-state index in [0.29, 0.717) is 29.3 Å². The summed E-state index contributed by atoms with van der Waals surface area (Å²) in [7, 11) is 1.54. The van der Waals surface area contributed by atoms with Crippen LogP contribution in [0.2, 0.25) is 0 Å². The van der Waals surface area contributed by atoms with Crippen LogP contribution >= 0.6 is 0 Å². The van der Waals surface area contributed by atoms with E-state index in [9.17, 15) is 9.59 Å². The topological polar surface area (TPSA) is 71.0 Å². The summed E-state index contributed by atoms with van der Waals surface area (Å²) >= 11 is 0. The summed E-state index contributed by atoms with van der Waals surface area (Å²) in [5.41, 5.74) is 2.49. The Morgan fingerprint density at radius 3 is 2.60 bits per heavy atom. The number of nitrogens with one attached hydrogen (secondary N) is 1. The van der Waals surface area contributed by atoms with E-state index in [0.717, 1.165) is 5.56 Å². The molecular formula is C19H19N3O3. The molecule has 1 N–H and O–H groups in total. The Morgan fingerprint density at radius 1 is 1.12 bits per heavy atom. The van der Waals surface area contributed by atoms with Crippen LogP contribution in [0.25, 0.3) is 0 Å². The minimum atomic E-state index is -0.337. The molecule has 6 heteroatoms. The van der Waals surface area contributed by atoms with Crippen molar-refractivity contribution in [2.24, 2.45) is 5.10 Å². The highest BCUT2D eigenvalue weighted by Crippen LogP contribution is 2.26. The molecule has 0 spiro atoms. The van der Waals surface area contributed by atoms with Gasteiger partial charge in [-0.1, -0.05) is 30.3 Å². The van der Waals surface area contributed by atoms with Gasteiger partial charge in [0.15, 0.2) is 0 Å². The van der Waals surface area contributed by atoms with Gasteiger partial charge >= 0.3 is 0 Å². The van der Waals surface area contributed by atoms with Gasteiger partial charge in [-0.05, 0) is 30.7 Å². The molecule has 128 valence electrons. The lowest BCUT2D eigenvalue weighted by atomic mass is 10.1. The predicted molar refractivity (Wildman–Crippen MR) is 97.0 cm³/mol. The molecule has 0 saturated carbocycles. The third kappa shape index (κ3) is 3.52. The molecule has 1 heterocycles. The second kappa shape index (κ2) is 7.17. The van der Waals surface area contributed by atoms with Crippen LogP contribution in [0.1, 0.15) is 18.4 Å². The van der Waals surface area contributed by atoms with Crippen molar-refractivity contribution < 1.29 is 14.3 Å². The molecule has 0 saturated heterocycles. The minimum Gasteiger partial charge on any atom is -0.495 e. The second-order valence-electron chi connectivity index (χ2n) is 5.69. The Hall–Kier alpha value is -3.15. The number of methoxy groups -OCH3 is 1. The zero-order chi connectivity index (χ0) is 17.8. The normalized spacial score (nSPS) is 14.1. The number of rotatable bonds is 4. The summed E-state index contributed by atoms with van der Waals surface area (Å²) in [6, 6.07) is 14.6. The molecular weight excluding hydrogens is 318 g/mol. The maximum atomic E-state index is 12.6. The Bertz CT molecular complexity index is 845. The average molecular weight is 337 g/mol. The van der Waals surface area contributed by atoms with Gasteiger partial charge in [-0.3, -0.25) is 9.59 Å². The van der Waals surface area contributed by atoms with Crippen LogP contribution in [0.5, 0.6) is 5.75 Å². The van der Waals surface area contributed by atoms with Crippen molar-refractivity contribution in [3.63, 3.8) is 0 Å². The van der Waals surface area contributed by atoms with E-state index in [-0.39, 0.29) is 18.2 Å². The third-order valence-corrected chi connectivity index (χ3v) is 3.99. The molecule has 1 aliphatic heterocycles. The van der Waals surface area contributed by atoms with E-state index in [2.05, 4.69) is 10.4 Å². The first kappa shape index (κ1) is 16.7. The van der Waals surface area contributed by atoms with Gasteiger partial charge in [-0.15, -0.1) is 0 Å². The molecule has 25 heavy (non-hydrogen) atoms. The smallest absolute Gasteiger partial charge is 0.271 e. The first-order valence-electron chi connectivity index (χ1n) is 8.00. The van der Waals surface area contributed by atoms with Gasteiger partial charge in [0, 0.05) is 12.8 Å². The first-order chi connectivity index (χ1) is 12.1. The number of aryl methyl sites for hydroxylation is 1. The zero-order valence-corrected chi connectivity index (χ0v) is 14.2. The monoisotopic (exact) mass is 337 g/mol. The summed E-state index contributed by atoms with van der Waals surface area (Å²) in [5, 5.41) is 8.41. The van der Waals surface area contributed by atoms with Crippen LogP contribution < -0.4 is 15.1 Å². The van der Waals surface area contributed by atoms with Gasteiger partial charge in [0.2, 0.25) is 5.91 Å². The first-order valence-corrected chi connectivity index (χ1v) is 8.00. The summed E-state index contributed by atoms with van der Waals surface area (Å²) in [6.07, 6.45) is 0.550. The predicted octanol–water partition coefficient (Wildman–Crippen LogP) is 3.13. The molecule has 0 aliphatic carbocycles. The zero-order valence-electron chi connectivity index (χ0n) is 14.2. The molecule has 2 aromatic carbocycles. The fraction of sp³-hybridized carbons (Fsp3) is 0.211. The highest BCUT2D eigenvalue weighted by Gasteiger charge is 2.26. The highest BCUT2D eigenvalue weighted by atomic mass is 16.5. The fourth-order valence-electron chi connectivity index (χ4n) is 2.65. The lowest BCUT2D eigenvalue weighted by Crippen LogP contribution is -2.36. The second-order valence-corrected chi connectivity index (χ2v) is 5.69. The number of carbonyl (C=O) groups is 2. The number of para-hydroxylation sites is 3. The van der Waals surface area contributed by atoms with Crippen LogP contribution in [0.15, 0.2) is 53.6 Å². The SMILES string of the molecule is COc1ccccc1NC(=O)C1=NN(c2ccccc2C)C(=O)CC1. The lowest BCUT2D eigenvalue weighted by molar-refractivity contribution is -0.118. The maximum absolute atomic E-state index is 12.6. The molecule has 2 amide bonds. The molecule has 0 bridgehead atoms. The van der Waals surface area contributed by atoms with E-state index in [4.69, 9.17) is 4.74 Å². The van der Waals surface area contributed by atoms with Gasteiger partial charge < -0.3 is 10.1 Å². The van der Waals surface area contributed by atoms with Gasteiger partial charge in [0.1, 0.15) is 11.5 Å². The van der Waals surface area contributed by atoms with Gasteiger partial charge in [0.05, 0.1) is 18.5 Å². The number of hydrogen-bond donors (Lipinski definition) is 1. The maximum Gasteiger partial charge on any atom is 0.271 e. The van der Waals surface area contributed by atoms with Crippen LogP contribution in [0, 0.1) is 6.92 Å². The largest absolute Gasteiger partial charge is 0.495 e. The molecule has 1 aliphatic rings. The Morgan fingerprint density at radius 2 is 1.84 bits per heavy atom. The van der Waals surface area contributed by atoms with Crippen LogP contribution in [-0.2, 0) is 9.59 Å². The molecule has 0 unspecified atom stereocenters. The average Bonchev–Trinajstić information content (AvgIpc) is 2.63. The molecule has 0 atom stereocenters. The highest BCUT2D eigenvalue weighted by molar-refractivity contribution is 6.44. The van der Waals surface area contributed by atoms with Crippen molar-refractivity contribution in [2.75, 3.05) is 17.4 Å². The summed E-state index contributed by atoms with van der Waals surface area (Å²) < 4.78 is 5.24. The number of hydrazone groups is 1. The van der Waals surface area contributed by atoms with Crippen molar-refractivity contribution in [1.82, 2.24) is 0 Å². The van der Waals surface area contributed by atoms with Crippen LogP contribution in [0.3, 0.4) is 0 Å². The van der Waals surface area contributed by atoms with E-state index < -0.39 is 0 Å². The van der Waals surface area contributed by atoms with Crippen molar-refractivity contribution in [2.45, 2.75) is 19.8 Å². The fourth-order valence-corrected chi connectivity index (χ4v) is 2.65. The molecule has 6 nitrogen and oxygen atoms in total. The van der Waals surface area contributed by atoms with E-state index in [1.807, 2.05) is 43.3 Å². The molecule has 0 radical (unpaired) electrons. The Labute approximate surface area is 146 Å². The number of nitrogens with zero attached hydrogens (tertiary/aromatic N) is 2. The molecule has 2 aromatic rings. The van der Waals surface area contributed by atoms with Crippen molar-refractivity contribution in [3.8, 4) is 5.75 Å². The molecule has 3 rings (SSSR count). The van der Waals surface area contributed by atoms with Gasteiger partial charge in [-0.25, -0.2) is 5.01 Å². The van der Waals surface area contributed by atoms with Crippen molar-refractivity contribution >= 4 is 28.9 Å². The number of hydrogen-bond acceptors (Lipinski definition) is 4. The number of ether oxygens (including phenoxy) is 1. The summed E-state index contributed by atoms with van der Waals surface area (Å²) in [6.45, 7) is 1.90. The van der Waals surface area contributed by atoms with Gasteiger partial charge in [-0.2, -0.15) is 5.10 Å². The van der Waals surface area contributed by atoms with Crippen LogP contribution in [-0.4, -0.2) is 24.6 Å². The van der Waals surface area contributed by atoms with Crippen molar-refractivity contribution in [1.29, 1.82) is 0 Å². The quantitative estimate of drug-likeness (QED) is 0.932. The van der Waals surface area contributed by atoms with E-state index in [1.165, 1.54) is 5.01 Å². The lowest BCUT2D eigenvalue weighted by Gasteiger charge is -2.24. The molecule has 0 fully saturated rings. The standard InChI is InChI=1S/C19H19N3O3/c1-13-7-3-5-9-16(13)22-18(23)12-11-15(21-22)19(24)20-14-8-4-6-10-17(14)25-2/h3-10H,11-12H2,1-2H3,(H,20,24). The number of benzene rings is 2.